The second-order valence-corrected chi connectivity index (χ2v) is 8.54. The number of hydrogen-bond acceptors (Lipinski definition) is 5. The van der Waals surface area contributed by atoms with E-state index in [-0.39, 0.29) is 5.41 Å². The van der Waals surface area contributed by atoms with Crippen molar-refractivity contribution in [2.24, 2.45) is 0 Å². The lowest BCUT2D eigenvalue weighted by Crippen LogP contribution is -2.25. The van der Waals surface area contributed by atoms with Crippen LogP contribution in [0.25, 0.3) is 0 Å². The summed E-state index contributed by atoms with van der Waals surface area (Å²) in [7, 11) is 0. The first kappa shape index (κ1) is 16.1. The maximum absolute atomic E-state index is 4.99. The molecule has 1 aromatic heterocycles. The van der Waals surface area contributed by atoms with Gasteiger partial charge in [0.2, 0.25) is 0 Å². The van der Waals surface area contributed by atoms with Crippen LogP contribution in [0.15, 0.2) is 0 Å². The van der Waals surface area contributed by atoms with Crippen LogP contribution in [0.1, 0.15) is 44.7 Å². The van der Waals surface area contributed by atoms with Crippen LogP contribution in [-0.2, 0) is 12.0 Å². The lowest BCUT2D eigenvalue weighted by Gasteiger charge is -2.19. The second kappa shape index (κ2) is 7.14. The highest BCUT2D eigenvalue weighted by atomic mass is 32.2. The zero-order valence-corrected chi connectivity index (χ0v) is 14.8. The summed E-state index contributed by atoms with van der Waals surface area (Å²) < 4.78 is 0. The number of thioether (sulfide) groups is 1. The molecule has 0 aliphatic carbocycles. The standard InChI is InChI=1S/C15H27N3S2/c1-5-16-11-12-13(15(2,3)4)17-14(20-12)18-7-6-9-19-10-8-18/h16H,5-11H2,1-4H3. The number of thiazole rings is 1. The smallest absolute Gasteiger partial charge is 0.185 e. The summed E-state index contributed by atoms with van der Waals surface area (Å²) in [5.74, 6) is 2.52. The van der Waals surface area contributed by atoms with Crippen molar-refractivity contribution >= 4 is 28.2 Å². The Morgan fingerprint density at radius 3 is 2.75 bits per heavy atom. The van der Waals surface area contributed by atoms with Gasteiger partial charge in [-0.2, -0.15) is 11.8 Å². The lowest BCUT2D eigenvalue weighted by atomic mass is 9.91. The molecule has 1 fully saturated rings. The summed E-state index contributed by atoms with van der Waals surface area (Å²) in [4.78, 5) is 8.88. The van der Waals surface area contributed by atoms with Crippen molar-refractivity contribution in [1.82, 2.24) is 10.3 Å². The average molecular weight is 314 g/mol. The molecule has 1 aliphatic rings. The number of aromatic nitrogens is 1. The van der Waals surface area contributed by atoms with E-state index in [9.17, 15) is 0 Å². The third kappa shape index (κ3) is 4.12. The van der Waals surface area contributed by atoms with E-state index >= 15 is 0 Å². The first-order valence-corrected chi connectivity index (χ1v) is 9.53. The highest BCUT2D eigenvalue weighted by Crippen LogP contribution is 2.34. The van der Waals surface area contributed by atoms with Gasteiger partial charge in [0.15, 0.2) is 5.13 Å². The Morgan fingerprint density at radius 1 is 1.25 bits per heavy atom. The molecule has 0 bridgehead atoms. The van der Waals surface area contributed by atoms with Crippen LogP contribution in [-0.4, -0.2) is 36.1 Å². The van der Waals surface area contributed by atoms with Crippen molar-refractivity contribution in [1.29, 1.82) is 0 Å². The van der Waals surface area contributed by atoms with E-state index < -0.39 is 0 Å². The highest BCUT2D eigenvalue weighted by molar-refractivity contribution is 7.99. The molecule has 0 atom stereocenters. The third-order valence-electron chi connectivity index (χ3n) is 3.42. The normalized spacial score (nSPS) is 17.3. The Labute approximate surface area is 131 Å². The van der Waals surface area contributed by atoms with E-state index in [1.54, 1.807) is 0 Å². The van der Waals surface area contributed by atoms with Gasteiger partial charge >= 0.3 is 0 Å². The Balaban J connectivity index is 2.22. The molecule has 20 heavy (non-hydrogen) atoms. The Kier molecular flexibility index (Phi) is 5.75. The van der Waals surface area contributed by atoms with Crippen molar-refractivity contribution in [3.05, 3.63) is 10.6 Å². The maximum atomic E-state index is 4.99. The Morgan fingerprint density at radius 2 is 2.05 bits per heavy atom. The molecule has 3 nitrogen and oxygen atoms in total. The molecular formula is C15H27N3S2. The van der Waals surface area contributed by atoms with Crippen LogP contribution in [0.4, 0.5) is 5.13 Å². The highest BCUT2D eigenvalue weighted by Gasteiger charge is 2.25. The molecule has 0 amide bonds. The average Bonchev–Trinajstić information content (AvgIpc) is 2.64. The maximum Gasteiger partial charge on any atom is 0.185 e. The second-order valence-electron chi connectivity index (χ2n) is 6.25. The van der Waals surface area contributed by atoms with Gasteiger partial charge in [0.05, 0.1) is 5.69 Å². The zero-order chi connectivity index (χ0) is 14.6. The molecule has 0 unspecified atom stereocenters. The molecule has 0 spiro atoms. The van der Waals surface area contributed by atoms with E-state index in [0.29, 0.717) is 0 Å². The van der Waals surface area contributed by atoms with Crippen LogP contribution >= 0.6 is 23.1 Å². The number of hydrogen-bond donors (Lipinski definition) is 1. The van der Waals surface area contributed by atoms with E-state index in [0.717, 1.165) is 26.2 Å². The van der Waals surface area contributed by atoms with Crippen molar-refractivity contribution < 1.29 is 0 Å². The SMILES string of the molecule is CCNCc1sc(N2CCCSCC2)nc1C(C)(C)C. The minimum Gasteiger partial charge on any atom is -0.347 e. The van der Waals surface area contributed by atoms with Crippen molar-refractivity contribution in [3.8, 4) is 0 Å². The summed E-state index contributed by atoms with van der Waals surface area (Å²) in [6, 6.07) is 0. The molecule has 1 aliphatic heterocycles. The summed E-state index contributed by atoms with van der Waals surface area (Å²) in [5.41, 5.74) is 1.40. The number of nitrogens with one attached hydrogen (secondary N) is 1. The van der Waals surface area contributed by atoms with Gasteiger partial charge in [-0.25, -0.2) is 4.98 Å². The van der Waals surface area contributed by atoms with Gasteiger partial charge in [0.25, 0.3) is 0 Å². The monoisotopic (exact) mass is 313 g/mol. The van der Waals surface area contributed by atoms with E-state index in [4.69, 9.17) is 4.98 Å². The van der Waals surface area contributed by atoms with Gasteiger partial charge in [-0.1, -0.05) is 27.7 Å². The molecular weight excluding hydrogens is 286 g/mol. The molecule has 1 N–H and O–H groups in total. The molecule has 1 saturated heterocycles. The first-order valence-electron chi connectivity index (χ1n) is 7.56. The first-order chi connectivity index (χ1) is 9.52. The van der Waals surface area contributed by atoms with E-state index in [1.165, 1.54) is 33.6 Å². The van der Waals surface area contributed by atoms with Crippen molar-refractivity contribution in [2.75, 3.05) is 36.0 Å². The molecule has 5 heteroatoms. The van der Waals surface area contributed by atoms with Gasteiger partial charge < -0.3 is 10.2 Å². The fourth-order valence-electron chi connectivity index (χ4n) is 2.36. The molecule has 2 heterocycles. The Bertz CT molecular complexity index is 415. The fraction of sp³-hybridized carbons (Fsp3) is 0.800. The van der Waals surface area contributed by atoms with Crippen LogP contribution < -0.4 is 10.2 Å². The van der Waals surface area contributed by atoms with Crippen LogP contribution in [0.2, 0.25) is 0 Å². The van der Waals surface area contributed by atoms with E-state index in [2.05, 4.69) is 49.7 Å². The summed E-state index contributed by atoms with van der Waals surface area (Å²) >= 11 is 3.95. The minimum absolute atomic E-state index is 0.125. The molecule has 0 radical (unpaired) electrons. The summed E-state index contributed by atoms with van der Waals surface area (Å²) in [6.07, 6.45) is 1.28. The number of anilines is 1. The molecule has 2 rings (SSSR count). The van der Waals surface area contributed by atoms with Gasteiger partial charge in [0, 0.05) is 35.7 Å². The van der Waals surface area contributed by atoms with E-state index in [1.807, 2.05) is 11.3 Å². The van der Waals surface area contributed by atoms with Crippen LogP contribution in [0, 0.1) is 0 Å². The quantitative estimate of drug-likeness (QED) is 0.921. The van der Waals surface area contributed by atoms with Gasteiger partial charge in [-0.05, 0) is 18.7 Å². The van der Waals surface area contributed by atoms with Gasteiger partial charge in [0.1, 0.15) is 0 Å². The summed E-state index contributed by atoms with van der Waals surface area (Å²) in [5, 5.41) is 4.68. The van der Waals surface area contributed by atoms with Crippen LogP contribution in [0.5, 0.6) is 0 Å². The van der Waals surface area contributed by atoms with Crippen LogP contribution in [0.3, 0.4) is 0 Å². The van der Waals surface area contributed by atoms with Gasteiger partial charge in [-0.3, -0.25) is 0 Å². The third-order valence-corrected chi connectivity index (χ3v) is 5.59. The zero-order valence-electron chi connectivity index (χ0n) is 13.2. The number of rotatable bonds is 4. The predicted molar refractivity (Wildman–Crippen MR) is 92.3 cm³/mol. The van der Waals surface area contributed by atoms with Crippen molar-refractivity contribution in [3.63, 3.8) is 0 Å². The lowest BCUT2D eigenvalue weighted by molar-refractivity contribution is 0.560. The largest absolute Gasteiger partial charge is 0.347 e. The predicted octanol–water partition coefficient (Wildman–Crippen LogP) is 3.49. The Hall–Kier alpha value is -0.260. The minimum atomic E-state index is 0.125. The topological polar surface area (TPSA) is 28.2 Å². The molecule has 0 aromatic carbocycles. The molecule has 1 aromatic rings. The molecule has 114 valence electrons. The summed E-state index contributed by atoms with van der Waals surface area (Å²) in [6.45, 7) is 13.2. The molecule has 0 saturated carbocycles. The number of nitrogens with zero attached hydrogens (tertiary/aromatic N) is 2. The fourth-order valence-corrected chi connectivity index (χ4v) is 4.53. The van der Waals surface area contributed by atoms with Gasteiger partial charge in [-0.15, -0.1) is 11.3 Å². The van der Waals surface area contributed by atoms with Crippen molar-refractivity contribution in [2.45, 2.75) is 46.1 Å².